The van der Waals surface area contributed by atoms with Gasteiger partial charge in [-0.05, 0) is 62.0 Å². The minimum Gasteiger partial charge on any atom is -0.493 e. The SMILES string of the molecule is COc1cc2c(Oc3ccc(NC(=O)c4nnn(-c5ccc(F)cc5)c4C(F)(F)F)cc3F)ccnc2cc1OCCCN1CCN(C)CC1. The summed E-state index contributed by atoms with van der Waals surface area (Å²) in [6.07, 6.45) is -2.73. The smallest absolute Gasteiger partial charge is 0.435 e. The zero-order valence-corrected chi connectivity index (χ0v) is 27.0. The van der Waals surface area contributed by atoms with Crippen molar-refractivity contribution in [3.05, 3.63) is 89.9 Å². The van der Waals surface area contributed by atoms with Crippen molar-refractivity contribution in [2.24, 2.45) is 0 Å². The van der Waals surface area contributed by atoms with E-state index >= 15 is 4.39 Å². The van der Waals surface area contributed by atoms with Gasteiger partial charge in [0.05, 0.1) is 24.9 Å². The number of nitrogens with zero attached hydrogens (tertiary/aromatic N) is 6. The Kier molecular flexibility index (Phi) is 10.1. The maximum Gasteiger partial charge on any atom is 0.435 e. The summed E-state index contributed by atoms with van der Waals surface area (Å²) in [4.78, 5) is 22.0. The van der Waals surface area contributed by atoms with Gasteiger partial charge in [0, 0.05) is 62.1 Å². The van der Waals surface area contributed by atoms with Gasteiger partial charge in [0.1, 0.15) is 11.6 Å². The number of carbonyl (C=O) groups excluding carboxylic acids is 1. The summed E-state index contributed by atoms with van der Waals surface area (Å²) in [5, 5.41) is 9.58. The Bertz CT molecular complexity index is 1980. The highest BCUT2D eigenvalue weighted by Crippen LogP contribution is 2.38. The van der Waals surface area contributed by atoms with Crippen LogP contribution in [0.2, 0.25) is 0 Å². The second-order valence-corrected chi connectivity index (χ2v) is 11.6. The van der Waals surface area contributed by atoms with Crippen molar-refractivity contribution in [1.29, 1.82) is 0 Å². The number of benzene rings is 3. The Labute approximate surface area is 283 Å². The molecule has 1 N–H and O–H groups in total. The normalized spacial score (nSPS) is 14.1. The third-order valence-corrected chi connectivity index (χ3v) is 8.09. The van der Waals surface area contributed by atoms with Crippen LogP contribution >= 0.6 is 0 Å². The number of piperazine rings is 1. The Morgan fingerprint density at radius 3 is 2.38 bits per heavy atom. The van der Waals surface area contributed by atoms with Gasteiger partial charge in [0.25, 0.3) is 5.91 Å². The molecule has 1 aliphatic rings. The van der Waals surface area contributed by atoms with E-state index in [9.17, 15) is 22.4 Å². The lowest BCUT2D eigenvalue weighted by Crippen LogP contribution is -2.44. The molecule has 3 aromatic carbocycles. The van der Waals surface area contributed by atoms with E-state index in [1.165, 1.54) is 31.5 Å². The minimum atomic E-state index is -5.05. The summed E-state index contributed by atoms with van der Waals surface area (Å²) in [6.45, 7) is 5.51. The summed E-state index contributed by atoms with van der Waals surface area (Å²) in [6, 6.07) is 12.3. The van der Waals surface area contributed by atoms with Crippen molar-refractivity contribution in [1.82, 2.24) is 29.8 Å². The predicted molar refractivity (Wildman–Crippen MR) is 173 cm³/mol. The molecule has 1 aliphatic heterocycles. The van der Waals surface area contributed by atoms with Gasteiger partial charge in [-0.25, -0.2) is 13.5 Å². The van der Waals surface area contributed by atoms with Crippen LogP contribution in [-0.2, 0) is 6.18 Å². The lowest BCUT2D eigenvalue weighted by Gasteiger charge is -2.32. The number of amides is 1. The number of fused-ring (bicyclic) bond motifs is 1. The van der Waals surface area contributed by atoms with Crippen molar-refractivity contribution in [3.63, 3.8) is 0 Å². The number of pyridine rings is 1. The van der Waals surface area contributed by atoms with E-state index in [0.29, 0.717) is 33.7 Å². The van der Waals surface area contributed by atoms with Crippen LogP contribution in [-0.4, -0.2) is 89.2 Å². The minimum absolute atomic E-state index is 0.167. The third kappa shape index (κ3) is 7.76. The molecule has 1 amide bonds. The average molecular weight is 698 g/mol. The molecule has 2 aromatic heterocycles. The molecule has 0 bridgehead atoms. The average Bonchev–Trinajstić information content (AvgIpc) is 3.55. The molecule has 16 heteroatoms. The first kappa shape index (κ1) is 34.5. The van der Waals surface area contributed by atoms with Crippen LogP contribution < -0.4 is 19.5 Å². The molecule has 0 radical (unpaired) electrons. The number of methoxy groups -OCH3 is 1. The third-order valence-electron chi connectivity index (χ3n) is 8.09. The number of hydrogen-bond acceptors (Lipinski definition) is 9. The highest BCUT2D eigenvalue weighted by Gasteiger charge is 2.42. The second kappa shape index (κ2) is 14.6. The van der Waals surface area contributed by atoms with Gasteiger partial charge in [-0.2, -0.15) is 13.2 Å². The lowest BCUT2D eigenvalue weighted by molar-refractivity contribution is -0.143. The van der Waals surface area contributed by atoms with Gasteiger partial charge in [-0.15, -0.1) is 5.10 Å². The molecular formula is C34H32F5N7O4. The highest BCUT2D eigenvalue weighted by atomic mass is 19.4. The number of carbonyl (C=O) groups is 1. The number of nitrogens with one attached hydrogen (secondary N) is 1. The van der Waals surface area contributed by atoms with E-state index in [2.05, 4.69) is 37.5 Å². The Morgan fingerprint density at radius 2 is 1.68 bits per heavy atom. The van der Waals surface area contributed by atoms with Crippen molar-refractivity contribution < 1.29 is 41.0 Å². The number of aromatic nitrogens is 4. The Hall–Kier alpha value is -5.35. The molecule has 6 rings (SSSR count). The molecule has 0 spiro atoms. The van der Waals surface area contributed by atoms with E-state index < -0.39 is 35.1 Å². The number of rotatable bonds is 11. The van der Waals surface area contributed by atoms with Crippen molar-refractivity contribution in [2.75, 3.05) is 58.8 Å². The van der Waals surface area contributed by atoms with E-state index in [1.54, 1.807) is 12.1 Å². The first-order valence-electron chi connectivity index (χ1n) is 15.6. The van der Waals surface area contributed by atoms with Crippen molar-refractivity contribution in [3.8, 4) is 28.7 Å². The van der Waals surface area contributed by atoms with Crippen LogP contribution in [0.4, 0.5) is 27.6 Å². The predicted octanol–water partition coefficient (Wildman–Crippen LogP) is 6.18. The Morgan fingerprint density at radius 1 is 0.920 bits per heavy atom. The maximum absolute atomic E-state index is 15.3. The Balaban J connectivity index is 1.15. The molecule has 5 aromatic rings. The first-order valence-corrected chi connectivity index (χ1v) is 15.6. The summed E-state index contributed by atoms with van der Waals surface area (Å²) in [7, 11) is 3.62. The molecule has 11 nitrogen and oxygen atoms in total. The fraction of sp³-hybridized carbons (Fsp3) is 0.294. The van der Waals surface area contributed by atoms with Crippen LogP contribution in [0.3, 0.4) is 0 Å². The number of anilines is 1. The van der Waals surface area contributed by atoms with Gasteiger partial charge in [-0.1, -0.05) is 5.21 Å². The van der Waals surface area contributed by atoms with Crippen LogP contribution in [0.25, 0.3) is 16.6 Å². The number of ether oxygens (including phenoxy) is 3. The van der Waals surface area contributed by atoms with Gasteiger partial charge in [0.15, 0.2) is 34.5 Å². The van der Waals surface area contributed by atoms with Gasteiger partial charge in [-0.3, -0.25) is 9.78 Å². The zero-order valence-electron chi connectivity index (χ0n) is 27.0. The van der Waals surface area contributed by atoms with Crippen molar-refractivity contribution in [2.45, 2.75) is 12.6 Å². The second-order valence-electron chi connectivity index (χ2n) is 11.6. The summed E-state index contributed by atoms with van der Waals surface area (Å²) >= 11 is 0. The molecule has 262 valence electrons. The highest BCUT2D eigenvalue weighted by molar-refractivity contribution is 6.03. The van der Waals surface area contributed by atoms with Crippen LogP contribution in [0.5, 0.6) is 23.0 Å². The van der Waals surface area contributed by atoms with E-state index in [0.717, 1.165) is 69.5 Å². The monoisotopic (exact) mass is 697 g/mol. The molecule has 0 aliphatic carbocycles. The summed E-state index contributed by atoms with van der Waals surface area (Å²) < 4.78 is 88.4. The van der Waals surface area contributed by atoms with Crippen LogP contribution in [0.1, 0.15) is 22.6 Å². The fourth-order valence-electron chi connectivity index (χ4n) is 5.45. The fourth-order valence-corrected chi connectivity index (χ4v) is 5.45. The van der Waals surface area contributed by atoms with E-state index in [-0.39, 0.29) is 22.9 Å². The molecule has 0 unspecified atom stereocenters. The zero-order chi connectivity index (χ0) is 35.4. The topological polar surface area (TPSA) is 107 Å². The number of halogens is 5. The van der Waals surface area contributed by atoms with E-state index in [4.69, 9.17) is 14.2 Å². The largest absolute Gasteiger partial charge is 0.493 e. The van der Waals surface area contributed by atoms with E-state index in [1.807, 2.05) is 0 Å². The van der Waals surface area contributed by atoms with Crippen molar-refractivity contribution >= 4 is 22.5 Å². The van der Waals surface area contributed by atoms with Gasteiger partial charge < -0.3 is 29.3 Å². The standard InChI is InChI=1S/C34H32F5N7O4/c1-44-13-15-45(16-14-44)12-3-17-49-30-20-26-24(19-29(30)48-2)27(10-11-40-26)50-28-9-6-22(18-25(28)36)41-33(47)31-32(34(37,38)39)46(43-42-31)23-7-4-21(35)5-8-23/h4-11,18-20H,3,12-17H2,1-2H3,(H,41,47). The molecule has 0 saturated carbocycles. The summed E-state index contributed by atoms with van der Waals surface area (Å²) in [5.74, 6) is -1.92. The first-order chi connectivity index (χ1) is 24.0. The molecular weight excluding hydrogens is 665 g/mol. The van der Waals surface area contributed by atoms with Crippen LogP contribution in [0.15, 0.2) is 66.9 Å². The quantitative estimate of drug-likeness (QED) is 0.128. The maximum atomic E-state index is 15.3. The molecule has 1 saturated heterocycles. The van der Waals surface area contributed by atoms with Gasteiger partial charge in [0.2, 0.25) is 0 Å². The molecule has 3 heterocycles. The number of likely N-dealkylation sites (N-methyl/N-ethyl adjacent to an activating group) is 1. The molecule has 50 heavy (non-hydrogen) atoms. The summed E-state index contributed by atoms with van der Waals surface area (Å²) in [5.41, 5.74) is -2.37. The molecule has 0 atom stereocenters. The van der Waals surface area contributed by atoms with Gasteiger partial charge >= 0.3 is 6.18 Å². The lowest BCUT2D eigenvalue weighted by atomic mass is 10.1. The number of alkyl halides is 3. The van der Waals surface area contributed by atoms with Crippen LogP contribution in [0, 0.1) is 11.6 Å². The molecule has 1 fully saturated rings. The number of hydrogen-bond donors (Lipinski definition) is 1.